The Balaban J connectivity index is 2.06. The summed E-state index contributed by atoms with van der Waals surface area (Å²) in [6.45, 7) is 8.71. The quantitative estimate of drug-likeness (QED) is 0.658. The van der Waals surface area contributed by atoms with Gasteiger partial charge in [-0.05, 0) is 27.0 Å². The molecule has 124 valence electrons. The molecule has 0 saturated carbocycles. The van der Waals surface area contributed by atoms with Crippen molar-refractivity contribution in [2.24, 2.45) is 0 Å². The molecular formula is C16H23N5O2. The predicted molar refractivity (Wildman–Crippen MR) is 89.6 cm³/mol. The van der Waals surface area contributed by atoms with Crippen molar-refractivity contribution < 1.29 is 4.92 Å². The Hall–Kier alpha value is -2.17. The third-order valence-electron chi connectivity index (χ3n) is 4.46. The molecule has 1 aromatic carbocycles. The van der Waals surface area contributed by atoms with Crippen LogP contribution in [-0.4, -0.2) is 60.5 Å². The first-order chi connectivity index (χ1) is 10.9. The fraction of sp³-hybridized carbons (Fsp3) is 0.562. The molecule has 0 aromatic heterocycles. The van der Waals surface area contributed by atoms with E-state index in [1.54, 1.807) is 13.0 Å². The van der Waals surface area contributed by atoms with Gasteiger partial charge >= 0.3 is 0 Å². The van der Waals surface area contributed by atoms with Crippen molar-refractivity contribution in [3.05, 3.63) is 33.4 Å². The van der Waals surface area contributed by atoms with Crippen molar-refractivity contribution in [1.29, 1.82) is 5.26 Å². The third-order valence-corrected chi connectivity index (χ3v) is 4.46. The molecule has 1 aliphatic rings. The van der Waals surface area contributed by atoms with Gasteiger partial charge in [0, 0.05) is 56.1 Å². The SMILES string of the molecule is Cc1c(NC[C@@H](C)N2CCN(C)CC2)cc(C#N)cc1[N+](=O)[O-]. The highest BCUT2D eigenvalue weighted by Crippen LogP contribution is 2.27. The minimum atomic E-state index is -0.439. The standard InChI is InChI=1S/C16H23N5O2/c1-12(20-6-4-19(3)5-7-20)11-18-15-8-14(10-17)9-16(13(15)2)21(22)23/h8-9,12,18H,4-7,11H2,1-3H3/t12-/m1/s1. The second kappa shape index (κ2) is 7.40. The molecule has 0 radical (unpaired) electrons. The molecular weight excluding hydrogens is 294 g/mol. The van der Waals surface area contributed by atoms with E-state index in [4.69, 9.17) is 5.26 Å². The number of nitro groups is 1. The number of hydrogen-bond donors (Lipinski definition) is 1. The van der Waals surface area contributed by atoms with Crippen LogP contribution < -0.4 is 5.32 Å². The second-order valence-electron chi connectivity index (χ2n) is 6.11. The maximum atomic E-state index is 11.1. The zero-order chi connectivity index (χ0) is 17.0. The maximum absolute atomic E-state index is 11.1. The Morgan fingerprint density at radius 3 is 2.61 bits per heavy atom. The van der Waals surface area contributed by atoms with Gasteiger partial charge in [0.15, 0.2) is 0 Å². The van der Waals surface area contributed by atoms with Gasteiger partial charge in [0.2, 0.25) is 0 Å². The van der Waals surface area contributed by atoms with Crippen LogP contribution in [0.5, 0.6) is 0 Å². The van der Waals surface area contributed by atoms with Gasteiger partial charge in [-0.1, -0.05) is 0 Å². The monoisotopic (exact) mass is 317 g/mol. The number of benzene rings is 1. The van der Waals surface area contributed by atoms with Gasteiger partial charge in [-0.15, -0.1) is 0 Å². The fourth-order valence-corrected chi connectivity index (χ4v) is 2.79. The summed E-state index contributed by atoms with van der Waals surface area (Å²) in [5.74, 6) is 0. The van der Waals surface area contributed by atoms with Gasteiger partial charge in [-0.25, -0.2) is 0 Å². The number of likely N-dealkylation sites (N-methyl/N-ethyl adjacent to an activating group) is 1. The van der Waals surface area contributed by atoms with E-state index < -0.39 is 4.92 Å². The molecule has 2 rings (SSSR count). The predicted octanol–water partition coefficient (Wildman–Crippen LogP) is 1.82. The molecule has 1 atom stereocenters. The van der Waals surface area contributed by atoms with Crippen LogP contribution in [0.1, 0.15) is 18.1 Å². The van der Waals surface area contributed by atoms with Crippen LogP contribution in [0.15, 0.2) is 12.1 Å². The van der Waals surface area contributed by atoms with E-state index in [-0.39, 0.29) is 5.69 Å². The molecule has 1 aliphatic heterocycles. The number of piperazine rings is 1. The van der Waals surface area contributed by atoms with Gasteiger partial charge in [0.25, 0.3) is 5.69 Å². The van der Waals surface area contributed by atoms with Crippen molar-refractivity contribution in [2.75, 3.05) is 45.1 Å². The number of nitrogens with zero attached hydrogens (tertiary/aromatic N) is 4. The molecule has 0 spiro atoms. The van der Waals surface area contributed by atoms with Crippen LogP contribution in [0.4, 0.5) is 11.4 Å². The maximum Gasteiger partial charge on any atom is 0.275 e. The molecule has 0 amide bonds. The van der Waals surface area contributed by atoms with Crippen LogP contribution in [0.25, 0.3) is 0 Å². The molecule has 0 aliphatic carbocycles. The molecule has 1 heterocycles. The van der Waals surface area contributed by atoms with Crippen molar-refractivity contribution >= 4 is 11.4 Å². The Morgan fingerprint density at radius 2 is 2.04 bits per heavy atom. The van der Waals surface area contributed by atoms with E-state index in [2.05, 4.69) is 29.1 Å². The lowest BCUT2D eigenvalue weighted by atomic mass is 10.1. The van der Waals surface area contributed by atoms with Crippen LogP contribution in [0.3, 0.4) is 0 Å². The topological polar surface area (TPSA) is 85.4 Å². The summed E-state index contributed by atoms with van der Waals surface area (Å²) in [5, 5.41) is 23.4. The lowest BCUT2D eigenvalue weighted by Gasteiger charge is -2.36. The summed E-state index contributed by atoms with van der Waals surface area (Å²) < 4.78 is 0. The third kappa shape index (κ3) is 4.18. The van der Waals surface area contributed by atoms with Gasteiger partial charge in [-0.2, -0.15) is 5.26 Å². The van der Waals surface area contributed by atoms with Gasteiger partial charge in [0.05, 0.1) is 16.6 Å². The molecule has 1 N–H and O–H groups in total. The smallest absolute Gasteiger partial charge is 0.275 e. The van der Waals surface area contributed by atoms with Crippen molar-refractivity contribution in [3.8, 4) is 6.07 Å². The summed E-state index contributed by atoms with van der Waals surface area (Å²) in [6.07, 6.45) is 0. The zero-order valence-electron chi connectivity index (χ0n) is 13.9. The Bertz CT molecular complexity index is 618. The molecule has 0 bridgehead atoms. The summed E-state index contributed by atoms with van der Waals surface area (Å²) in [4.78, 5) is 15.4. The second-order valence-corrected chi connectivity index (χ2v) is 6.11. The number of hydrogen-bond acceptors (Lipinski definition) is 6. The average Bonchev–Trinajstić information content (AvgIpc) is 2.54. The molecule has 0 unspecified atom stereocenters. The average molecular weight is 317 g/mol. The summed E-state index contributed by atoms with van der Waals surface area (Å²) in [7, 11) is 2.12. The van der Waals surface area contributed by atoms with Crippen molar-refractivity contribution in [2.45, 2.75) is 19.9 Å². The first-order valence-corrected chi connectivity index (χ1v) is 7.78. The zero-order valence-corrected chi connectivity index (χ0v) is 13.9. The number of nitriles is 1. The highest BCUT2D eigenvalue weighted by atomic mass is 16.6. The molecule has 23 heavy (non-hydrogen) atoms. The molecule has 7 nitrogen and oxygen atoms in total. The lowest BCUT2D eigenvalue weighted by molar-refractivity contribution is -0.385. The molecule has 7 heteroatoms. The van der Waals surface area contributed by atoms with Crippen molar-refractivity contribution in [3.63, 3.8) is 0 Å². The summed E-state index contributed by atoms with van der Waals surface area (Å²) in [6, 6.07) is 5.32. The Kier molecular flexibility index (Phi) is 5.53. The number of nitro benzene ring substituents is 1. The molecule has 1 fully saturated rings. The van der Waals surface area contributed by atoms with Crippen LogP contribution in [-0.2, 0) is 0 Å². The Labute approximate surface area is 136 Å². The first kappa shape index (κ1) is 17.2. The van der Waals surface area contributed by atoms with E-state index in [1.807, 2.05) is 6.07 Å². The number of anilines is 1. The minimum absolute atomic E-state index is 0.0150. The van der Waals surface area contributed by atoms with E-state index in [9.17, 15) is 10.1 Å². The normalized spacial score (nSPS) is 17.5. The lowest BCUT2D eigenvalue weighted by Crippen LogP contribution is -2.49. The van der Waals surface area contributed by atoms with Crippen molar-refractivity contribution in [1.82, 2.24) is 9.80 Å². The van der Waals surface area contributed by atoms with E-state index in [1.165, 1.54) is 6.07 Å². The molecule has 1 saturated heterocycles. The minimum Gasteiger partial charge on any atom is -0.383 e. The molecule has 1 aromatic rings. The van der Waals surface area contributed by atoms with Crippen LogP contribution >= 0.6 is 0 Å². The largest absolute Gasteiger partial charge is 0.383 e. The van der Waals surface area contributed by atoms with E-state index >= 15 is 0 Å². The van der Waals surface area contributed by atoms with Crippen LogP contribution in [0.2, 0.25) is 0 Å². The van der Waals surface area contributed by atoms with Crippen LogP contribution in [0, 0.1) is 28.4 Å². The summed E-state index contributed by atoms with van der Waals surface area (Å²) in [5.41, 5.74) is 1.52. The summed E-state index contributed by atoms with van der Waals surface area (Å²) >= 11 is 0. The van der Waals surface area contributed by atoms with Gasteiger partial charge in [0.1, 0.15) is 0 Å². The van der Waals surface area contributed by atoms with Gasteiger partial charge in [-0.3, -0.25) is 15.0 Å². The number of nitrogens with one attached hydrogen (secondary N) is 1. The first-order valence-electron chi connectivity index (χ1n) is 7.78. The highest BCUT2D eigenvalue weighted by Gasteiger charge is 2.20. The van der Waals surface area contributed by atoms with Gasteiger partial charge < -0.3 is 10.2 Å². The number of rotatable bonds is 5. The highest BCUT2D eigenvalue weighted by molar-refractivity contribution is 5.64. The van der Waals surface area contributed by atoms with E-state index in [0.29, 0.717) is 29.4 Å². The van der Waals surface area contributed by atoms with E-state index in [0.717, 1.165) is 26.2 Å². The Morgan fingerprint density at radius 1 is 1.39 bits per heavy atom. The fourth-order valence-electron chi connectivity index (χ4n) is 2.79.